The summed E-state index contributed by atoms with van der Waals surface area (Å²) >= 11 is 4.89. The topological polar surface area (TPSA) is 29.3 Å². The standard InChI is InChI=1S/C14H16F4N2S/c15-11-2-1-9(12(7-11)13(19)21)8-20-5-3-10(4-6-20)14(16,17)18/h1-2,7,10H,3-6,8H2,(H2,19,21). The van der Waals surface area contributed by atoms with E-state index in [1.165, 1.54) is 12.1 Å². The van der Waals surface area contributed by atoms with Crippen molar-refractivity contribution >= 4 is 17.2 Å². The summed E-state index contributed by atoms with van der Waals surface area (Å²) in [5.74, 6) is -1.66. The van der Waals surface area contributed by atoms with E-state index >= 15 is 0 Å². The molecule has 1 heterocycles. The zero-order valence-corrected chi connectivity index (χ0v) is 12.1. The van der Waals surface area contributed by atoms with Gasteiger partial charge in [-0.3, -0.25) is 4.90 Å². The van der Waals surface area contributed by atoms with Gasteiger partial charge in [-0.25, -0.2) is 4.39 Å². The third-order valence-corrected chi connectivity index (χ3v) is 4.00. The first-order valence-electron chi connectivity index (χ1n) is 6.64. The molecular formula is C14H16F4N2S. The van der Waals surface area contributed by atoms with Gasteiger partial charge in [-0.1, -0.05) is 18.3 Å². The van der Waals surface area contributed by atoms with Gasteiger partial charge in [0.05, 0.1) is 5.92 Å². The van der Waals surface area contributed by atoms with E-state index in [-0.39, 0.29) is 17.8 Å². The first-order valence-corrected chi connectivity index (χ1v) is 7.05. The Hall–Kier alpha value is -1.21. The molecule has 0 aliphatic carbocycles. The first-order chi connectivity index (χ1) is 9.77. The van der Waals surface area contributed by atoms with Crippen molar-refractivity contribution in [2.24, 2.45) is 11.7 Å². The molecule has 1 fully saturated rings. The van der Waals surface area contributed by atoms with Crippen LogP contribution >= 0.6 is 12.2 Å². The van der Waals surface area contributed by atoms with Gasteiger partial charge in [-0.2, -0.15) is 13.2 Å². The number of piperidine rings is 1. The van der Waals surface area contributed by atoms with Crippen molar-refractivity contribution in [3.8, 4) is 0 Å². The maximum atomic E-state index is 13.2. The lowest BCUT2D eigenvalue weighted by Crippen LogP contribution is -2.38. The second-order valence-corrected chi connectivity index (χ2v) is 5.70. The zero-order valence-electron chi connectivity index (χ0n) is 11.3. The van der Waals surface area contributed by atoms with Gasteiger partial charge in [-0.15, -0.1) is 0 Å². The van der Waals surface area contributed by atoms with Gasteiger partial charge in [0.15, 0.2) is 0 Å². The molecule has 0 aromatic heterocycles. The van der Waals surface area contributed by atoms with E-state index < -0.39 is 17.9 Å². The van der Waals surface area contributed by atoms with Crippen LogP contribution < -0.4 is 5.73 Å². The molecule has 0 bridgehead atoms. The van der Waals surface area contributed by atoms with Crippen LogP contribution in [0.3, 0.4) is 0 Å². The Morgan fingerprint density at radius 2 is 1.90 bits per heavy atom. The molecule has 1 saturated heterocycles. The molecule has 2 N–H and O–H groups in total. The van der Waals surface area contributed by atoms with Crippen LogP contribution in [0.1, 0.15) is 24.0 Å². The Kier molecular flexibility index (Phi) is 4.83. The average molecular weight is 320 g/mol. The van der Waals surface area contributed by atoms with Crippen LogP contribution in [0.5, 0.6) is 0 Å². The molecule has 0 amide bonds. The van der Waals surface area contributed by atoms with E-state index in [2.05, 4.69) is 0 Å². The first kappa shape index (κ1) is 16.2. The van der Waals surface area contributed by atoms with Crippen molar-refractivity contribution in [3.05, 3.63) is 35.1 Å². The van der Waals surface area contributed by atoms with Crippen molar-refractivity contribution in [2.45, 2.75) is 25.6 Å². The number of likely N-dealkylation sites (tertiary alicyclic amines) is 1. The molecule has 21 heavy (non-hydrogen) atoms. The minimum Gasteiger partial charge on any atom is -0.389 e. The number of nitrogens with zero attached hydrogens (tertiary/aromatic N) is 1. The van der Waals surface area contributed by atoms with Crippen LogP contribution in [0.25, 0.3) is 0 Å². The van der Waals surface area contributed by atoms with Crippen LogP contribution in [-0.2, 0) is 6.54 Å². The number of thiocarbonyl (C=S) groups is 1. The molecule has 2 rings (SSSR count). The smallest absolute Gasteiger partial charge is 0.389 e. The molecule has 1 aliphatic rings. The minimum atomic E-state index is -4.12. The molecule has 1 aliphatic heterocycles. The maximum Gasteiger partial charge on any atom is 0.391 e. The lowest BCUT2D eigenvalue weighted by Gasteiger charge is -2.33. The molecule has 0 spiro atoms. The molecule has 116 valence electrons. The third-order valence-electron chi connectivity index (χ3n) is 3.78. The highest BCUT2D eigenvalue weighted by Gasteiger charge is 2.40. The largest absolute Gasteiger partial charge is 0.391 e. The predicted octanol–water partition coefficient (Wildman–Crippen LogP) is 3.23. The highest BCUT2D eigenvalue weighted by molar-refractivity contribution is 7.80. The number of nitrogens with two attached hydrogens (primary N) is 1. The quantitative estimate of drug-likeness (QED) is 0.685. The molecule has 0 radical (unpaired) electrons. The molecule has 1 aromatic rings. The van der Waals surface area contributed by atoms with Gasteiger partial charge in [0.25, 0.3) is 0 Å². The highest BCUT2D eigenvalue weighted by atomic mass is 32.1. The summed E-state index contributed by atoms with van der Waals surface area (Å²) in [5, 5.41) is 0. The van der Waals surface area contributed by atoms with Gasteiger partial charge >= 0.3 is 6.18 Å². The normalized spacial score (nSPS) is 17.9. The van der Waals surface area contributed by atoms with Gasteiger partial charge < -0.3 is 5.73 Å². The van der Waals surface area contributed by atoms with Crippen LogP contribution in [0, 0.1) is 11.7 Å². The number of halogens is 4. The number of hydrogen-bond donors (Lipinski definition) is 1. The fourth-order valence-corrected chi connectivity index (χ4v) is 2.77. The second-order valence-electron chi connectivity index (χ2n) is 5.26. The molecule has 2 nitrogen and oxygen atoms in total. The SMILES string of the molecule is NC(=S)c1cc(F)ccc1CN1CCC(C(F)(F)F)CC1. The summed E-state index contributed by atoms with van der Waals surface area (Å²) in [6, 6.07) is 4.15. The van der Waals surface area contributed by atoms with Gasteiger partial charge in [0.2, 0.25) is 0 Å². The van der Waals surface area contributed by atoms with Gasteiger partial charge in [0, 0.05) is 12.1 Å². The van der Waals surface area contributed by atoms with Crippen molar-refractivity contribution in [1.82, 2.24) is 4.90 Å². The van der Waals surface area contributed by atoms with Crippen molar-refractivity contribution in [1.29, 1.82) is 0 Å². The van der Waals surface area contributed by atoms with Crippen LogP contribution in [0.4, 0.5) is 17.6 Å². The fraction of sp³-hybridized carbons (Fsp3) is 0.500. The van der Waals surface area contributed by atoms with Crippen molar-refractivity contribution < 1.29 is 17.6 Å². The highest BCUT2D eigenvalue weighted by Crippen LogP contribution is 2.34. The summed E-state index contributed by atoms with van der Waals surface area (Å²) in [7, 11) is 0. The van der Waals surface area contributed by atoms with Crippen molar-refractivity contribution in [3.63, 3.8) is 0 Å². The zero-order chi connectivity index (χ0) is 15.6. The number of hydrogen-bond acceptors (Lipinski definition) is 2. The van der Waals surface area contributed by atoms with E-state index in [9.17, 15) is 17.6 Å². The van der Waals surface area contributed by atoms with Crippen LogP contribution in [0.2, 0.25) is 0 Å². The Bertz CT molecular complexity index is 522. The fourth-order valence-electron chi connectivity index (χ4n) is 2.58. The summed E-state index contributed by atoms with van der Waals surface area (Å²) in [6.45, 7) is 1.15. The van der Waals surface area contributed by atoms with E-state index in [1.54, 1.807) is 6.07 Å². The molecule has 7 heteroatoms. The summed E-state index contributed by atoms with van der Waals surface area (Å²) in [4.78, 5) is 2.01. The minimum absolute atomic E-state index is 0.0904. The van der Waals surface area contributed by atoms with E-state index in [4.69, 9.17) is 18.0 Å². The summed E-state index contributed by atoms with van der Waals surface area (Å²) in [5.41, 5.74) is 6.76. The number of benzene rings is 1. The molecule has 0 unspecified atom stereocenters. The number of rotatable bonds is 3. The van der Waals surface area contributed by atoms with E-state index in [0.29, 0.717) is 25.2 Å². The average Bonchev–Trinajstić information content (AvgIpc) is 2.40. The Morgan fingerprint density at radius 3 is 2.43 bits per heavy atom. The molecule has 1 aromatic carbocycles. The molecule has 0 atom stereocenters. The maximum absolute atomic E-state index is 13.2. The van der Waals surface area contributed by atoms with Gasteiger partial charge in [-0.05, 0) is 43.6 Å². The van der Waals surface area contributed by atoms with Crippen LogP contribution in [-0.4, -0.2) is 29.2 Å². The van der Waals surface area contributed by atoms with E-state index in [0.717, 1.165) is 5.56 Å². The third kappa shape index (κ3) is 4.14. The lowest BCUT2D eigenvalue weighted by atomic mass is 9.95. The molecular weight excluding hydrogens is 304 g/mol. The second kappa shape index (κ2) is 6.27. The predicted molar refractivity (Wildman–Crippen MR) is 76.3 cm³/mol. The summed E-state index contributed by atoms with van der Waals surface area (Å²) < 4.78 is 51.1. The molecule has 0 saturated carbocycles. The Morgan fingerprint density at radius 1 is 1.29 bits per heavy atom. The number of alkyl halides is 3. The Labute approximate surface area is 125 Å². The Balaban J connectivity index is 2.03. The summed E-state index contributed by atoms with van der Waals surface area (Å²) in [6.07, 6.45) is -3.94. The van der Waals surface area contributed by atoms with E-state index in [1.807, 2.05) is 4.90 Å². The monoisotopic (exact) mass is 320 g/mol. The van der Waals surface area contributed by atoms with Gasteiger partial charge in [0.1, 0.15) is 10.8 Å². The van der Waals surface area contributed by atoms with Crippen LogP contribution in [0.15, 0.2) is 18.2 Å². The van der Waals surface area contributed by atoms with Crippen molar-refractivity contribution in [2.75, 3.05) is 13.1 Å². The lowest BCUT2D eigenvalue weighted by molar-refractivity contribution is -0.185.